The summed E-state index contributed by atoms with van der Waals surface area (Å²) < 4.78 is 5.71. The summed E-state index contributed by atoms with van der Waals surface area (Å²) in [7, 11) is 0. The summed E-state index contributed by atoms with van der Waals surface area (Å²) in [6.07, 6.45) is -0.680. The lowest BCUT2D eigenvalue weighted by Gasteiger charge is -2.40. The molecular formula is C23H26O6. The summed E-state index contributed by atoms with van der Waals surface area (Å²) in [5.41, 5.74) is 2.13. The molecule has 2 aromatic carbocycles. The van der Waals surface area contributed by atoms with Crippen molar-refractivity contribution in [3.63, 3.8) is 0 Å². The van der Waals surface area contributed by atoms with E-state index in [-0.39, 0.29) is 19.4 Å². The molecule has 0 spiro atoms. The van der Waals surface area contributed by atoms with Gasteiger partial charge in [0.15, 0.2) is 5.60 Å². The first-order chi connectivity index (χ1) is 13.8. The van der Waals surface area contributed by atoms with Gasteiger partial charge in [-0.2, -0.15) is 0 Å². The molecule has 6 heteroatoms. The fourth-order valence-electron chi connectivity index (χ4n) is 3.65. The average molecular weight is 398 g/mol. The molecular weight excluding hydrogens is 372 g/mol. The molecule has 4 N–H and O–H groups in total. The predicted molar refractivity (Wildman–Crippen MR) is 109 cm³/mol. The van der Waals surface area contributed by atoms with Crippen molar-refractivity contribution >= 4 is 12.0 Å². The molecule has 0 aliphatic heterocycles. The summed E-state index contributed by atoms with van der Waals surface area (Å²) in [6, 6.07) is 15.7. The van der Waals surface area contributed by atoms with Crippen molar-refractivity contribution in [3.05, 3.63) is 65.7 Å². The van der Waals surface area contributed by atoms with Crippen molar-refractivity contribution in [3.8, 4) is 11.1 Å². The van der Waals surface area contributed by atoms with E-state index in [1.807, 2.05) is 67.6 Å². The number of carboxylic acids is 1. The van der Waals surface area contributed by atoms with Gasteiger partial charge in [0.2, 0.25) is 0 Å². The summed E-state index contributed by atoms with van der Waals surface area (Å²) in [5.74, 6) is -1.27. The molecule has 0 heterocycles. The van der Waals surface area contributed by atoms with E-state index in [0.29, 0.717) is 0 Å². The molecule has 0 bridgehead atoms. The highest BCUT2D eigenvalue weighted by Crippen LogP contribution is 2.34. The van der Waals surface area contributed by atoms with E-state index in [1.54, 1.807) is 0 Å². The van der Waals surface area contributed by atoms with Crippen LogP contribution in [0.4, 0.5) is 0 Å². The molecule has 3 rings (SSSR count). The van der Waals surface area contributed by atoms with Gasteiger partial charge in [0, 0.05) is 12.8 Å². The second kappa shape index (κ2) is 8.88. The lowest BCUT2D eigenvalue weighted by atomic mass is 9.79. The molecule has 29 heavy (non-hydrogen) atoms. The molecule has 0 radical (unpaired) electrons. The van der Waals surface area contributed by atoms with E-state index < -0.39 is 29.9 Å². The molecule has 6 nitrogen and oxygen atoms in total. The van der Waals surface area contributed by atoms with Gasteiger partial charge in [0.05, 0.1) is 18.8 Å². The number of rotatable bonds is 6. The first-order valence-corrected chi connectivity index (χ1v) is 9.58. The molecule has 0 amide bonds. The van der Waals surface area contributed by atoms with Crippen molar-refractivity contribution < 1.29 is 30.0 Å². The molecule has 0 saturated heterocycles. The molecule has 154 valence electrons. The van der Waals surface area contributed by atoms with Crippen LogP contribution in [-0.2, 0) is 16.1 Å². The summed E-state index contributed by atoms with van der Waals surface area (Å²) >= 11 is 0. The topological polar surface area (TPSA) is 107 Å². The van der Waals surface area contributed by atoms with Crippen LogP contribution in [0.15, 0.2) is 54.6 Å². The van der Waals surface area contributed by atoms with Crippen molar-refractivity contribution in [2.75, 3.05) is 0 Å². The van der Waals surface area contributed by atoms with Gasteiger partial charge in [-0.05, 0) is 35.2 Å². The second-order valence-corrected chi connectivity index (χ2v) is 7.44. The van der Waals surface area contributed by atoms with Gasteiger partial charge < -0.3 is 25.2 Å². The number of carboxylic acid groups (broad SMARTS) is 1. The Balaban J connectivity index is 1.76. The third kappa shape index (κ3) is 4.74. The Morgan fingerprint density at radius 1 is 1.07 bits per heavy atom. The van der Waals surface area contributed by atoms with Gasteiger partial charge in [-0.1, -0.05) is 54.6 Å². The smallest absolute Gasteiger partial charge is 0.336 e. The van der Waals surface area contributed by atoms with Gasteiger partial charge in [0.25, 0.3) is 0 Å². The van der Waals surface area contributed by atoms with Crippen LogP contribution in [0.2, 0.25) is 0 Å². The fraction of sp³-hybridized carbons (Fsp3) is 0.348. The average Bonchev–Trinajstić information content (AvgIpc) is 2.71. The zero-order chi connectivity index (χ0) is 21.0. The summed E-state index contributed by atoms with van der Waals surface area (Å²) in [5, 5.41) is 39.2. The Bertz CT molecular complexity index is 861. The highest BCUT2D eigenvalue weighted by atomic mass is 16.5. The quantitative estimate of drug-likeness (QED) is 0.596. The number of carbonyl (C=O) groups is 1. The monoisotopic (exact) mass is 398 g/mol. The van der Waals surface area contributed by atoms with Crippen molar-refractivity contribution in [2.45, 2.75) is 50.3 Å². The van der Waals surface area contributed by atoms with E-state index in [2.05, 4.69) is 0 Å². The third-order valence-corrected chi connectivity index (χ3v) is 5.30. The summed E-state index contributed by atoms with van der Waals surface area (Å²) in [4.78, 5) is 11.8. The van der Waals surface area contributed by atoms with Gasteiger partial charge in [-0.3, -0.25) is 0 Å². The molecule has 1 aliphatic carbocycles. The van der Waals surface area contributed by atoms with Crippen LogP contribution in [0.1, 0.15) is 30.9 Å². The van der Waals surface area contributed by atoms with E-state index in [0.717, 1.165) is 22.3 Å². The highest BCUT2D eigenvalue weighted by molar-refractivity contribution is 5.78. The van der Waals surface area contributed by atoms with Crippen LogP contribution in [0.5, 0.6) is 0 Å². The number of hydrogen-bond donors (Lipinski definition) is 4. The second-order valence-electron chi connectivity index (χ2n) is 7.44. The Labute approximate surface area is 169 Å². The minimum absolute atomic E-state index is 0.00628. The van der Waals surface area contributed by atoms with E-state index >= 15 is 0 Å². The Morgan fingerprint density at radius 3 is 2.31 bits per heavy atom. The van der Waals surface area contributed by atoms with Crippen molar-refractivity contribution in [2.24, 2.45) is 0 Å². The SMILES string of the molecule is C/C=C/c1ccc(-c2cccc(COC3(C(=O)O)C[C@@H](O)C(O)[C@H](O)C3)c2)cc1. The number of aliphatic hydroxyl groups excluding tert-OH is 3. The Morgan fingerprint density at radius 2 is 1.72 bits per heavy atom. The van der Waals surface area contributed by atoms with Gasteiger partial charge in [-0.25, -0.2) is 4.79 Å². The highest BCUT2D eigenvalue weighted by Gasteiger charge is 2.50. The van der Waals surface area contributed by atoms with Gasteiger partial charge in [0.1, 0.15) is 6.10 Å². The number of benzene rings is 2. The molecule has 0 aromatic heterocycles. The summed E-state index contributed by atoms with van der Waals surface area (Å²) in [6.45, 7) is 1.97. The minimum atomic E-state index is -1.75. The maximum absolute atomic E-state index is 11.8. The van der Waals surface area contributed by atoms with Gasteiger partial charge >= 0.3 is 5.97 Å². The molecule has 2 aromatic rings. The number of ether oxygens (including phenoxy) is 1. The van der Waals surface area contributed by atoms with Crippen molar-refractivity contribution in [1.82, 2.24) is 0 Å². The van der Waals surface area contributed by atoms with Crippen molar-refractivity contribution in [1.29, 1.82) is 0 Å². The Kier molecular flexibility index (Phi) is 6.49. The number of allylic oxidation sites excluding steroid dienone is 1. The van der Waals surface area contributed by atoms with E-state index in [4.69, 9.17) is 4.74 Å². The molecule has 1 saturated carbocycles. The molecule has 1 aliphatic rings. The molecule has 1 fully saturated rings. The fourth-order valence-corrected chi connectivity index (χ4v) is 3.65. The van der Waals surface area contributed by atoms with Gasteiger partial charge in [-0.15, -0.1) is 0 Å². The van der Waals surface area contributed by atoms with Crippen LogP contribution in [-0.4, -0.2) is 50.3 Å². The number of aliphatic hydroxyl groups is 3. The standard InChI is InChI=1S/C23H26O6/c1-2-4-15-7-9-17(10-8-15)18-6-3-5-16(11-18)14-29-23(22(27)28)12-19(24)21(26)20(25)13-23/h2-11,19-21,24-26H,12-14H2,1H3,(H,27,28)/b4-2+/t19-,20-,21?,23?/m1/s1. The lowest BCUT2D eigenvalue weighted by Crippen LogP contribution is -2.57. The van der Waals surface area contributed by atoms with Crippen LogP contribution in [0.25, 0.3) is 17.2 Å². The predicted octanol–water partition coefficient (Wildman–Crippen LogP) is 2.60. The largest absolute Gasteiger partial charge is 0.479 e. The Hall–Kier alpha value is -2.51. The molecule has 0 unspecified atom stereocenters. The van der Waals surface area contributed by atoms with Crippen LogP contribution >= 0.6 is 0 Å². The first-order valence-electron chi connectivity index (χ1n) is 9.58. The maximum atomic E-state index is 11.8. The normalized spacial score (nSPS) is 27.2. The van der Waals surface area contributed by atoms with Crippen LogP contribution < -0.4 is 0 Å². The minimum Gasteiger partial charge on any atom is -0.479 e. The molecule has 2 atom stereocenters. The zero-order valence-corrected chi connectivity index (χ0v) is 16.2. The lowest BCUT2D eigenvalue weighted by molar-refractivity contribution is -0.202. The van der Waals surface area contributed by atoms with Crippen LogP contribution in [0, 0.1) is 0 Å². The van der Waals surface area contributed by atoms with E-state index in [9.17, 15) is 25.2 Å². The number of aliphatic carboxylic acids is 1. The zero-order valence-electron chi connectivity index (χ0n) is 16.2. The maximum Gasteiger partial charge on any atom is 0.336 e. The van der Waals surface area contributed by atoms with E-state index in [1.165, 1.54) is 0 Å². The number of hydrogen-bond acceptors (Lipinski definition) is 5. The third-order valence-electron chi connectivity index (χ3n) is 5.30. The van der Waals surface area contributed by atoms with Crippen LogP contribution in [0.3, 0.4) is 0 Å². The first kappa shape index (κ1) is 21.2.